The highest BCUT2D eigenvalue weighted by Crippen LogP contribution is 2.20. The molecule has 0 spiro atoms. The van der Waals surface area contributed by atoms with Crippen molar-refractivity contribution in [3.63, 3.8) is 0 Å². The standard InChI is InChI=1S/C12H12N2S2/c13-5-8-15-6-2-7-16-12-4-1-3-11(9-12)10-14/h1,3-4,9H,2,6-8H2. The van der Waals surface area contributed by atoms with Crippen LogP contribution in [-0.2, 0) is 0 Å². The van der Waals surface area contributed by atoms with E-state index >= 15 is 0 Å². The van der Waals surface area contributed by atoms with E-state index in [4.69, 9.17) is 10.5 Å². The number of benzene rings is 1. The van der Waals surface area contributed by atoms with Gasteiger partial charge in [-0.3, -0.25) is 0 Å². The lowest BCUT2D eigenvalue weighted by Crippen LogP contribution is -1.85. The van der Waals surface area contributed by atoms with Gasteiger partial charge in [-0.15, -0.1) is 23.5 Å². The summed E-state index contributed by atoms with van der Waals surface area (Å²) in [4.78, 5) is 1.14. The largest absolute Gasteiger partial charge is 0.197 e. The van der Waals surface area contributed by atoms with Crippen molar-refractivity contribution in [1.29, 1.82) is 10.5 Å². The molecule has 0 aliphatic carbocycles. The molecule has 0 atom stereocenters. The van der Waals surface area contributed by atoms with E-state index in [9.17, 15) is 0 Å². The molecule has 1 aromatic carbocycles. The second-order valence-electron chi connectivity index (χ2n) is 3.05. The first-order valence-corrected chi connectivity index (χ1v) is 7.08. The van der Waals surface area contributed by atoms with Gasteiger partial charge in [-0.2, -0.15) is 10.5 Å². The minimum Gasteiger partial charge on any atom is -0.197 e. The number of nitriles is 2. The summed E-state index contributed by atoms with van der Waals surface area (Å²) in [7, 11) is 0. The zero-order valence-corrected chi connectivity index (χ0v) is 10.5. The lowest BCUT2D eigenvalue weighted by atomic mass is 10.2. The van der Waals surface area contributed by atoms with Gasteiger partial charge in [0.2, 0.25) is 0 Å². The molecule has 1 rings (SSSR count). The molecule has 0 fully saturated rings. The van der Waals surface area contributed by atoms with Crippen LogP contribution in [0.25, 0.3) is 0 Å². The van der Waals surface area contributed by atoms with Crippen LogP contribution in [0, 0.1) is 22.7 Å². The van der Waals surface area contributed by atoms with Crippen molar-refractivity contribution < 1.29 is 0 Å². The van der Waals surface area contributed by atoms with Crippen molar-refractivity contribution in [3.8, 4) is 12.1 Å². The van der Waals surface area contributed by atoms with Crippen LogP contribution in [0.2, 0.25) is 0 Å². The van der Waals surface area contributed by atoms with Gasteiger partial charge in [0.05, 0.1) is 23.5 Å². The Bertz CT molecular complexity index is 404. The molecule has 0 radical (unpaired) electrons. The van der Waals surface area contributed by atoms with Crippen LogP contribution < -0.4 is 0 Å². The molecule has 0 aliphatic rings. The van der Waals surface area contributed by atoms with Crippen LogP contribution >= 0.6 is 23.5 Å². The third kappa shape index (κ3) is 5.11. The third-order valence-electron chi connectivity index (χ3n) is 1.83. The van der Waals surface area contributed by atoms with E-state index in [2.05, 4.69) is 12.1 Å². The van der Waals surface area contributed by atoms with Crippen molar-refractivity contribution in [2.45, 2.75) is 11.3 Å². The number of hydrogen-bond donors (Lipinski definition) is 0. The summed E-state index contributed by atoms with van der Waals surface area (Å²) >= 11 is 3.43. The Kier molecular flexibility index (Phi) is 6.56. The minimum atomic E-state index is 0.578. The Morgan fingerprint density at radius 1 is 1.19 bits per heavy atom. The summed E-state index contributed by atoms with van der Waals surface area (Å²) in [5.74, 6) is 2.64. The van der Waals surface area contributed by atoms with Gasteiger partial charge < -0.3 is 0 Å². The third-order valence-corrected chi connectivity index (χ3v) is 3.82. The van der Waals surface area contributed by atoms with E-state index in [0.717, 1.165) is 22.8 Å². The molecule has 2 nitrogen and oxygen atoms in total. The fraction of sp³-hybridized carbons (Fsp3) is 0.333. The second-order valence-corrected chi connectivity index (χ2v) is 5.33. The Hall–Kier alpha value is -1.10. The van der Waals surface area contributed by atoms with Crippen LogP contribution in [0.1, 0.15) is 12.0 Å². The quantitative estimate of drug-likeness (QED) is 0.572. The van der Waals surface area contributed by atoms with Crippen molar-refractivity contribution >= 4 is 23.5 Å². The Morgan fingerprint density at radius 2 is 2.06 bits per heavy atom. The maximum atomic E-state index is 8.74. The average molecular weight is 248 g/mol. The van der Waals surface area contributed by atoms with Gasteiger partial charge >= 0.3 is 0 Å². The Labute approximate surface area is 105 Å². The summed E-state index contributed by atoms with van der Waals surface area (Å²) in [6.45, 7) is 0. The van der Waals surface area contributed by atoms with Gasteiger partial charge in [0, 0.05) is 4.90 Å². The Morgan fingerprint density at radius 3 is 2.81 bits per heavy atom. The number of thioether (sulfide) groups is 2. The molecule has 0 amide bonds. The zero-order valence-electron chi connectivity index (χ0n) is 8.85. The van der Waals surface area contributed by atoms with Gasteiger partial charge in [0.15, 0.2) is 0 Å². The highest BCUT2D eigenvalue weighted by Gasteiger charge is 1.96. The normalized spacial score (nSPS) is 9.38. The predicted octanol–water partition coefficient (Wildman–Crippen LogP) is 3.30. The van der Waals surface area contributed by atoms with E-state index in [1.54, 1.807) is 23.5 Å². The predicted molar refractivity (Wildman–Crippen MR) is 69.4 cm³/mol. The maximum Gasteiger partial charge on any atom is 0.0992 e. The van der Waals surface area contributed by atoms with Crippen molar-refractivity contribution in [3.05, 3.63) is 29.8 Å². The summed E-state index contributed by atoms with van der Waals surface area (Å²) in [5.41, 5.74) is 0.712. The lowest BCUT2D eigenvalue weighted by Gasteiger charge is -2.01. The fourth-order valence-electron chi connectivity index (χ4n) is 1.12. The first-order valence-electron chi connectivity index (χ1n) is 4.94. The van der Waals surface area contributed by atoms with E-state index in [1.807, 2.05) is 24.3 Å². The number of nitrogens with zero attached hydrogens (tertiary/aromatic N) is 2. The van der Waals surface area contributed by atoms with Crippen LogP contribution in [0.5, 0.6) is 0 Å². The molecule has 0 saturated heterocycles. The molecule has 0 saturated carbocycles. The van der Waals surface area contributed by atoms with Gasteiger partial charge in [-0.25, -0.2) is 0 Å². The molecule has 0 bridgehead atoms. The molecule has 0 heterocycles. The van der Waals surface area contributed by atoms with E-state index < -0.39 is 0 Å². The highest BCUT2D eigenvalue weighted by molar-refractivity contribution is 8.00. The summed E-state index contributed by atoms with van der Waals surface area (Å²) < 4.78 is 0. The molecule has 1 aromatic rings. The van der Waals surface area contributed by atoms with E-state index in [1.165, 1.54) is 0 Å². The van der Waals surface area contributed by atoms with Gasteiger partial charge in [0.1, 0.15) is 0 Å². The van der Waals surface area contributed by atoms with Gasteiger partial charge in [0.25, 0.3) is 0 Å². The van der Waals surface area contributed by atoms with E-state index in [0.29, 0.717) is 11.3 Å². The number of rotatable bonds is 6. The minimum absolute atomic E-state index is 0.578. The maximum absolute atomic E-state index is 8.74. The van der Waals surface area contributed by atoms with Crippen LogP contribution in [-0.4, -0.2) is 17.3 Å². The molecule has 16 heavy (non-hydrogen) atoms. The smallest absolute Gasteiger partial charge is 0.0992 e. The van der Waals surface area contributed by atoms with Crippen molar-refractivity contribution in [1.82, 2.24) is 0 Å². The lowest BCUT2D eigenvalue weighted by molar-refractivity contribution is 1.12. The first kappa shape index (κ1) is 13.0. The molecule has 0 aromatic heterocycles. The van der Waals surface area contributed by atoms with Crippen LogP contribution in [0.4, 0.5) is 0 Å². The molecule has 4 heteroatoms. The van der Waals surface area contributed by atoms with Crippen molar-refractivity contribution in [2.24, 2.45) is 0 Å². The Balaban J connectivity index is 2.22. The average Bonchev–Trinajstić information content (AvgIpc) is 2.34. The van der Waals surface area contributed by atoms with Crippen LogP contribution in [0.15, 0.2) is 29.2 Å². The van der Waals surface area contributed by atoms with Crippen molar-refractivity contribution in [2.75, 3.05) is 17.3 Å². The monoisotopic (exact) mass is 248 g/mol. The molecule has 0 N–H and O–H groups in total. The molecular weight excluding hydrogens is 236 g/mol. The summed E-state index contributed by atoms with van der Waals surface area (Å²) in [5, 5.41) is 17.1. The summed E-state index contributed by atoms with van der Waals surface area (Å²) in [6.07, 6.45) is 1.09. The second kappa shape index (κ2) is 8.10. The molecule has 82 valence electrons. The molecule has 0 unspecified atom stereocenters. The van der Waals surface area contributed by atoms with Gasteiger partial charge in [-0.1, -0.05) is 6.07 Å². The topological polar surface area (TPSA) is 47.6 Å². The molecular formula is C12H12N2S2. The first-order chi connectivity index (χ1) is 7.86. The fourth-order valence-corrected chi connectivity index (χ4v) is 2.80. The SMILES string of the molecule is N#CCSCCCSc1cccc(C#N)c1. The van der Waals surface area contributed by atoms with Crippen LogP contribution in [0.3, 0.4) is 0 Å². The molecule has 0 aliphatic heterocycles. The van der Waals surface area contributed by atoms with E-state index in [-0.39, 0.29) is 0 Å². The van der Waals surface area contributed by atoms with Gasteiger partial charge in [-0.05, 0) is 36.1 Å². The summed E-state index contributed by atoms with van der Waals surface area (Å²) in [6, 6.07) is 11.9. The highest BCUT2D eigenvalue weighted by atomic mass is 32.2. The number of hydrogen-bond acceptors (Lipinski definition) is 4. The zero-order chi connectivity index (χ0) is 11.6.